The monoisotopic (exact) mass is 319 g/mol. The third kappa shape index (κ3) is 2.50. The average Bonchev–Trinajstić information content (AvgIpc) is 3.05. The first kappa shape index (κ1) is 14.0. The number of nitrogens with one attached hydrogen (secondary N) is 1. The fourth-order valence-corrected chi connectivity index (χ4v) is 3.30. The zero-order chi connectivity index (χ0) is 15.0. The van der Waals surface area contributed by atoms with Crippen molar-refractivity contribution in [3.63, 3.8) is 0 Å². The summed E-state index contributed by atoms with van der Waals surface area (Å²) >= 11 is 7.50. The number of aryl methyl sites for hydroxylation is 1. The molecule has 1 aromatic carbocycles. The zero-order valence-electron chi connectivity index (χ0n) is 11.6. The minimum atomic E-state index is 0.459. The van der Waals surface area contributed by atoms with Crippen LogP contribution in [0.5, 0.6) is 5.75 Å². The first-order valence-corrected chi connectivity index (χ1v) is 7.54. The van der Waals surface area contributed by atoms with Crippen molar-refractivity contribution in [1.82, 2.24) is 10.2 Å². The molecular weight excluding hydrogens is 306 g/mol. The van der Waals surface area contributed by atoms with Crippen LogP contribution in [0, 0.1) is 6.92 Å². The van der Waals surface area contributed by atoms with Crippen LogP contribution >= 0.6 is 22.9 Å². The van der Waals surface area contributed by atoms with Gasteiger partial charge in [0.2, 0.25) is 0 Å². The van der Waals surface area contributed by atoms with Crippen LogP contribution in [0.3, 0.4) is 0 Å². The maximum Gasteiger partial charge on any atom is 0.153 e. The van der Waals surface area contributed by atoms with Gasteiger partial charge in [0.25, 0.3) is 0 Å². The molecule has 0 unspecified atom stereocenters. The molecular formula is C15H14ClN3OS. The Kier molecular flexibility index (Phi) is 3.61. The van der Waals surface area contributed by atoms with E-state index in [1.165, 1.54) is 11.3 Å². The highest BCUT2D eigenvalue weighted by Gasteiger charge is 2.17. The molecule has 0 aliphatic carbocycles. The van der Waals surface area contributed by atoms with Crippen LogP contribution in [0.2, 0.25) is 4.34 Å². The standard InChI is InChI=1S/C15H14ClN3OS/c1-8-3-4-9(7-10(8)20-2)13-14(18-19-15(13)17)11-5-6-12(16)21-11/h3-7H,1-2H3,(H3,17,18,19). The lowest BCUT2D eigenvalue weighted by atomic mass is 10.0. The summed E-state index contributed by atoms with van der Waals surface area (Å²) < 4.78 is 6.11. The van der Waals surface area contributed by atoms with Gasteiger partial charge in [-0.05, 0) is 36.2 Å². The number of aromatic nitrogens is 2. The molecule has 108 valence electrons. The van der Waals surface area contributed by atoms with Crippen molar-refractivity contribution in [2.45, 2.75) is 6.92 Å². The lowest BCUT2D eigenvalue weighted by Crippen LogP contribution is -1.91. The van der Waals surface area contributed by atoms with Crippen LogP contribution in [0.1, 0.15) is 5.56 Å². The van der Waals surface area contributed by atoms with E-state index in [-0.39, 0.29) is 0 Å². The normalized spacial score (nSPS) is 10.8. The molecule has 0 atom stereocenters. The first-order chi connectivity index (χ1) is 10.1. The van der Waals surface area contributed by atoms with Gasteiger partial charge in [0, 0.05) is 0 Å². The maximum atomic E-state index is 6.04. The molecule has 3 aromatic rings. The van der Waals surface area contributed by atoms with Crippen LogP contribution < -0.4 is 10.5 Å². The van der Waals surface area contributed by atoms with Gasteiger partial charge < -0.3 is 10.5 Å². The SMILES string of the molecule is COc1cc(-c2c(N)n[nH]c2-c2ccc(Cl)s2)ccc1C. The van der Waals surface area contributed by atoms with Gasteiger partial charge in [-0.15, -0.1) is 11.3 Å². The van der Waals surface area contributed by atoms with Gasteiger partial charge in [-0.25, -0.2) is 0 Å². The van der Waals surface area contributed by atoms with E-state index in [2.05, 4.69) is 10.2 Å². The number of anilines is 1. The molecule has 0 amide bonds. The molecule has 6 heteroatoms. The van der Waals surface area contributed by atoms with Crippen LogP contribution in [0.25, 0.3) is 21.7 Å². The summed E-state index contributed by atoms with van der Waals surface area (Å²) in [5.74, 6) is 1.28. The highest BCUT2D eigenvalue weighted by Crippen LogP contribution is 2.40. The number of nitrogens with zero attached hydrogens (tertiary/aromatic N) is 1. The molecule has 0 fully saturated rings. The predicted molar refractivity (Wildman–Crippen MR) is 88.0 cm³/mol. The third-order valence-electron chi connectivity index (χ3n) is 3.31. The van der Waals surface area contributed by atoms with E-state index >= 15 is 0 Å². The number of methoxy groups -OCH3 is 1. The summed E-state index contributed by atoms with van der Waals surface area (Å²) in [6.45, 7) is 2.00. The summed E-state index contributed by atoms with van der Waals surface area (Å²) in [6.07, 6.45) is 0. The molecule has 0 aliphatic heterocycles. The molecule has 21 heavy (non-hydrogen) atoms. The number of nitrogens with two attached hydrogens (primary N) is 1. The summed E-state index contributed by atoms with van der Waals surface area (Å²) in [4.78, 5) is 0.999. The van der Waals surface area contributed by atoms with E-state index in [0.717, 1.165) is 37.3 Å². The molecule has 0 spiro atoms. The second kappa shape index (κ2) is 5.42. The van der Waals surface area contributed by atoms with Crippen molar-refractivity contribution in [2.75, 3.05) is 12.8 Å². The second-order valence-electron chi connectivity index (χ2n) is 4.65. The minimum Gasteiger partial charge on any atom is -0.496 e. The summed E-state index contributed by atoms with van der Waals surface area (Å²) in [6, 6.07) is 9.80. The number of ether oxygens (including phenoxy) is 1. The molecule has 4 nitrogen and oxygen atoms in total. The molecule has 3 rings (SSSR count). The Morgan fingerprint density at radius 3 is 2.76 bits per heavy atom. The lowest BCUT2D eigenvalue weighted by Gasteiger charge is -2.08. The second-order valence-corrected chi connectivity index (χ2v) is 6.36. The average molecular weight is 320 g/mol. The number of H-pyrrole nitrogens is 1. The largest absolute Gasteiger partial charge is 0.496 e. The topological polar surface area (TPSA) is 63.9 Å². The van der Waals surface area contributed by atoms with E-state index in [1.54, 1.807) is 7.11 Å². The first-order valence-electron chi connectivity index (χ1n) is 6.34. The molecule has 0 saturated carbocycles. The fraction of sp³-hybridized carbons (Fsp3) is 0.133. The number of rotatable bonds is 3. The van der Waals surface area contributed by atoms with Crippen molar-refractivity contribution in [1.29, 1.82) is 0 Å². The van der Waals surface area contributed by atoms with E-state index in [4.69, 9.17) is 22.1 Å². The van der Waals surface area contributed by atoms with Crippen molar-refractivity contribution >= 4 is 28.8 Å². The fourth-order valence-electron chi connectivity index (χ4n) is 2.25. The Morgan fingerprint density at radius 2 is 2.10 bits per heavy atom. The Balaban J connectivity index is 2.17. The van der Waals surface area contributed by atoms with Gasteiger partial charge >= 0.3 is 0 Å². The van der Waals surface area contributed by atoms with Crippen molar-refractivity contribution in [2.24, 2.45) is 0 Å². The Hall–Kier alpha value is -1.98. The Bertz CT molecular complexity index is 794. The van der Waals surface area contributed by atoms with E-state index < -0.39 is 0 Å². The molecule has 2 aromatic heterocycles. The Morgan fingerprint density at radius 1 is 1.29 bits per heavy atom. The van der Waals surface area contributed by atoms with Crippen molar-refractivity contribution in [3.8, 4) is 27.4 Å². The van der Waals surface area contributed by atoms with E-state index in [0.29, 0.717) is 5.82 Å². The quantitative estimate of drug-likeness (QED) is 0.754. The van der Waals surface area contributed by atoms with Gasteiger partial charge in [0.05, 0.1) is 27.6 Å². The van der Waals surface area contributed by atoms with Gasteiger partial charge in [0.15, 0.2) is 5.82 Å². The maximum absolute atomic E-state index is 6.04. The molecule has 2 heterocycles. The van der Waals surface area contributed by atoms with Crippen molar-refractivity contribution in [3.05, 3.63) is 40.2 Å². The number of halogens is 1. The summed E-state index contributed by atoms with van der Waals surface area (Å²) in [5, 5.41) is 7.12. The molecule has 0 radical (unpaired) electrons. The van der Waals surface area contributed by atoms with Crippen LogP contribution in [-0.2, 0) is 0 Å². The van der Waals surface area contributed by atoms with Crippen LogP contribution in [0.15, 0.2) is 30.3 Å². The number of benzene rings is 1. The predicted octanol–water partition coefficient (Wildman–Crippen LogP) is 4.36. The third-order valence-corrected chi connectivity index (χ3v) is 4.56. The zero-order valence-corrected chi connectivity index (χ0v) is 13.2. The number of hydrogen-bond donors (Lipinski definition) is 2. The van der Waals surface area contributed by atoms with Crippen LogP contribution in [-0.4, -0.2) is 17.3 Å². The number of aromatic amines is 1. The van der Waals surface area contributed by atoms with E-state index in [9.17, 15) is 0 Å². The van der Waals surface area contributed by atoms with Crippen molar-refractivity contribution < 1.29 is 4.74 Å². The summed E-state index contributed by atoms with van der Waals surface area (Å²) in [7, 11) is 1.66. The smallest absolute Gasteiger partial charge is 0.153 e. The minimum absolute atomic E-state index is 0.459. The number of nitrogen functional groups attached to an aromatic ring is 1. The highest BCUT2D eigenvalue weighted by atomic mass is 35.5. The molecule has 0 bridgehead atoms. The Labute approximate surface area is 131 Å². The van der Waals surface area contributed by atoms with Gasteiger partial charge in [-0.3, -0.25) is 5.10 Å². The van der Waals surface area contributed by atoms with Gasteiger partial charge in [0.1, 0.15) is 5.75 Å². The summed E-state index contributed by atoms with van der Waals surface area (Å²) in [5.41, 5.74) is 9.81. The van der Waals surface area contributed by atoms with E-state index in [1.807, 2.05) is 37.3 Å². The highest BCUT2D eigenvalue weighted by molar-refractivity contribution is 7.19. The molecule has 3 N–H and O–H groups in total. The number of thiophene rings is 1. The number of hydrogen-bond acceptors (Lipinski definition) is 4. The van der Waals surface area contributed by atoms with Gasteiger partial charge in [-0.2, -0.15) is 5.10 Å². The lowest BCUT2D eigenvalue weighted by molar-refractivity contribution is 0.412. The van der Waals surface area contributed by atoms with Gasteiger partial charge in [-0.1, -0.05) is 23.7 Å². The van der Waals surface area contributed by atoms with Crippen LogP contribution in [0.4, 0.5) is 5.82 Å². The molecule has 0 saturated heterocycles. The molecule has 0 aliphatic rings.